The van der Waals surface area contributed by atoms with Gasteiger partial charge in [0.15, 0.2) is 11.5 Å². The average Bonchev–Trinajstić information content (AvgIpc) is 3.45. The molecule has 1 aromatic carbocycles. The van der Waals surface area contributed by atoms with Crippen LogP contribution in [0.1, 0.15) is 105 Å². The first-order valence-electron chi connectivity index (χ1n) is 18.6. The predicted molar refractivity (Wildman–Crippen MR) is 188 cm³/mol. The van der Waals surface area contributed by atoms with Gasteiger partial charge in [-0.1, -0.05) is 44.5 Å². The fourth-order valence-corrected chi connectivity index (χ4v) is 13.3. The molecule has 280 valence electrons. The molecule has 1 aliphatic heterocycles. The van der Waals surface area contributed by atoms with Crippen LogP contribution in [0.4, 0.5) is 0 Å². The van der Waals surface area contributed by atoms with Gasteiger partial charge in [0.1, 0.15) is 23.9 Å². The number of fused-ring (bicyclic) bond motifs is 5. The van der Waals surface area contributed by atoms with E-state index < -0.39 is 80.8 Å². The Morgan fingerprint density at radius 3 is 2.15 bits per heavy atom. The molecule has 10 heteroatoms. The van der Waals surface area contributed by atoms with E-state index in [0.29, 0.717) is 24.2 Å². The molecule has 52 heavy (non-hydrogen) atoms. The molecule has 0 N–H and O–H groups in total. The number of esters is 4. The summed E-state index contributed by atoms with van der Waals surface area (Å²) in [6.07, 6.45) is 1.33. The van der Waals surface area contributed by atoms with E-state index in [2.05, 4.69) is 20.8 Å². The van der Waals surface area contributed by atoms with Crippen LogP contribution >= 0.6 is 0 Å². The van der Waals surface area contributed by atoms with E-state index in [0.717, 1.165) is 11.1 Å². The molecular weight excluding hydrogens is 664 g/mol. The Hall–Kier alpha value is -3.95. The summed E-state index contributed by atoms with van der Waals surface area (Å²) in [4.78, 5) is 68.1. The topological polar surface area (TPSA) is 132 Å². The number of ether oxygens (including phenoxy) is 5. The zero-order valence-corrected chi connectivity index (χ0v) is 32.0. The van der Waals surface area contributed by atoms with Gasteiger partial charge >= 0.3 is 23.9 Å². The first-order chi connectivity index (χ1) is 24.3. The normalized spacial score (nSPS) is 44.5. The van der Waals surface area contributed by atoms with Crippen molar-refractivity contribution in [1.82, 2.24) is 0 Å². The van der Waals surface area contributed by atoms with Crippen LogP contribution in [-0.4, -0.2) is 60.7 Å². The summed E-state index contributed by atoms with van der Waals surface area (Å²) in [7, 11) is 1.52. The van der Waals surface area contributed by atoms with Crippen LogP contribution < -0.4 is 0 Å². The van der Waals surface area contributed by atoms with Crippen LogP contribution in [0.2, 0.25) is 0 Å². The van der Waals surface area contributed by atoms with Crippen molar-refractivity contribution in [1.29, 1.82) is 0 Å². The lowest BCUT2D eigenvalue weighted by molar-refractivity contribution is -0.275. The summed E-state index contributed by atoms with van der Waals surface area (Å²) in [6, 6.07) is 8.71. The third-order valence-electron chi connectivity index (χ3n) is 15.1. The minimum absolute atomic E-state index is 0.0544. The summed E-state index contributed by atoms with van der Waals surface area (Å²) in [5.41, 5.74) is -3.65. The van der Waals surface area contributed by atoms with Gasteiger partial charge in [0, 0.05) is 44.4 Å². The molecule has 0 radical (unpaired) electrons. The fourth-order valence-electron chi connectivity index (χ4n) is 13.3. The molecule has 5 aliphatic carbocycles. The SMILES string of the molecule is COC1=C(C)[C@@]2(C)C[C@@H](OC(C)=O)[C@H]3[C@@](C)(C[C@H](C)[C@@]34C(C)=C[C@@H](OC(=O)c3ccccc3)[C@@]3(C)[C@@H](OC(C)=O)C[C@]5(C)C[C@]34OC5=O)[C@@H]2CC1=O. The number of hydrogen-bond acceptors (Lipinski definition) is 10. The van der Waals surface area contributed by atoms with Gasteiger partial charge in [0.2, 0.25) is 0 Å². The van der Waals surface area contributed by atoms with Crippen molar-refractivity contribution in [3.05, 3.63) is 58.9 Å². The van der Waals surface area contributed by atoms with Crippen molar-refractivity contribution in [3.8, 4) is 0 Å². The van der Waals surface area contributed by atoms with E-state index in [1.807, 2.05) is 39.8 Å². The molecule has 6 aliphatic rings. The molecule has 1 heterocycles. The Balaban J connectivity index is 1.51. The molecule has 2 bridgehead atoms. The second-order valence-corrected chi connectivity index (χ2v) is 17.6. The number of methoxy groups -OCH3 is 1. The van der Waals surface area contributed by atoms with Crippen LogP contribution in [0.3, 0.4) is 0 Å². The van der Waals surface area contributed by atoms with Gasteiger partial charge in [0.25, 0.3) is 0 Å². The quantitative estimate of drug-likeness (QED) is 0.184. The second-order valence-electron chi connectivity index (χ2n) is 17.6. The highest BCUT2D eigenvalue weighted by Gasteiger charge is 2.87. The monoisotopic (exact) mass is 716 g/mol. The lowest BCUT2D eigenvalue weighted by Crippen LogP contribution is -2.75. The number of ketones is 1. The van der Waals surface area contributed by atoms with Gasteiger partial charge in [-0.2, -0.15) is 0 Å². The summed E-state index contributed by atoms with van der Waals surface area (Å²) in [5.74, 6) is -2.31. The summed E-state index contributed by atoms with van der Waals surface area (Å²) < 4.78 is 31.7. The number of carbonyl (C=O) groups excluding carboxylic acids is 5. The van der Waals surface area contributed by atoms with Gasteiger partial charge in [-0.05, 0) is 87.0 Å². The highest BCUT2D eigenvalue weighted by atomic mass is 16.6. The molecule has 1 aromatic rings. The number of hydrogen-bond donors (Lipinski definition) is 0. The van der Waals surface area contributed by atoms with Gasteiger partial charge in [-0.15, -0.1) is 0 Å². The fraction of sp³-hybridized carbons (Fsp3) is 0.643. The third kappa shape index (κ3) is 4.38. The van der Waals surface area contributed by atoms with Gasteiger partial charge < -0.3 is 23.7 Å². The minimum atomic E-state index is -1.36. The molecule has 4 fully saturated rings. The number of allylic oxidation sites excluding steroid dienone is 2. The highest BCUT2D eigenvalue weighted by molar-refractivity contribution is 5.96. The van der Waals surface area contributed by atoms with E-state index in [4.69, 9.17) is 23.7 Å². The van der Waals surface area contributed by atoms with Crippen LogP contribution in [0.15, 0.2) is 53.3 Å². The summed E-state index contributed by atoms with van der Waals surface area (Å²) in [6.45, 7) is 17.1. The zero-order valence-electron chi connectivity index (χ0n) is 32.0. The maximum Gasteiger partial charge on any atom is 0.338 e. The van der Waals surface area contributed by atoms with Crippen molar-refractivity contribution in [3.63, 3.8) is 0 Å². The van der Waals surface area contributed by atoms with Crippen molar-refractivity contribution in [2.24, 2.45) is 44.8 Å². The Kier molecular flexibility index (Phi) is 8.07. The first kappa shape index (κ1) is 36.4. The first-order valence-corrected chi connectivity index (χ1v) is 18.6. The Morgan fingerprint density at radius 1 is 0.885 bits per heavy atom. The van der Waals surface area contributed by atoms with E-state index in [-0.39, 0.29) is 36.9 Å². The second kappa shape index (κ2) is 11.5. The number of Topliss-reactive ketones (excluding diaryl/α,β-unsaturated/α-hetero) is 1. The van der Waals surface area contributed by atoms with Crippen molar-refractivity contribution >= 4 is 29.7 Å². The predicted octanol–water partition coefficient (Wildman–Crippen LogP) is 6.71. The van der Waals surface area contributed by atoms with Crippen LogP contribution in [0.5, 0.6) is 0 Å². The standard InChI is InChI=1S/C42H52O10/c1-22-16-31(51-35(46)27-14-12-11-13-15-27)40(9)32(50-26(5)44)20-37(6)21-41(40,52-36(37)47)42(22)23(2)18-39(8)30-17-28(45)33(48-10)24(3)38(30,7)19-29(34(39)42)49-25(4)43/h11-16,23,29-32,34H,17-21H2,1-10H3/t23-,29+,30+,31+,32-,34-,37+,38+,39-,40-,41-,42-/m0/s1. The molecule has 7 rings (SSSR count). The maximum atomic E-state index is 14.4. The highest BCUT2D eigenvalue weighted by Crippen LogP contribution is 2.82. The van der Waals surface area contributed by atoms with E-state index >= 15 is 0 Å². The molecule has 12 atom stereocenters. The molecule has 0 aromatic heterocycles. The van der Waals surface area contributed by atoms with Crippen molar-refractivity contribution < 1.29 is 47.7 Å². The molecule has 10 nitrogen and oxygen atoms in total. The maximum absolute atomic E-state index is 14.4. The Bertz CT molecular complexity index is 1830. The molecule has 0 amide bonds. The van der Waals surface area contributed by atoms with E-state index in [9.17, 15) is 24.0 Å². The number of rotatable bonds is 5. The van der Waals surface area contributed by atoms with Gasteiger partial charge in [-0.25, -0.2) is 4.79 Å². The number of benzene rings is 1. The zero-order chi connectivity index (χ0) is 38.0. The minimum Gasteiger partial charge on any atom is -0.493 e. The van der Waals surface area contributed by atoms with Crippen LogP contribution in [0.25, 0.3) is 0 Å². The molecule has 3 saturated carbocycles. The van der Waals surface area contributed by atoms with Crippen molar-refractivity contribution in [2.75, 3.05) is 7.11 Å². The van der Waals surface area contributed by atoms with Crippen LogP contribution in [0, 0.1) is 44.8 Å². The lowest BCUT2D eigenvalue weighted by atomic mass is 9.37. The Labute approximate surface area is 306 Å². The summed E-state index contributed by atoms with van der Waals surface area (Å²) >= 11 is 0. The Morgan fingerprint density at radius 2 is 1.54 bits per heavy atom. The van der Waals surface area contributed by atoms with E-state index in [1.165, 1.54) is 21.0 Å². The molecule has 0 unspecified atom stereocenters. The van der Waals surface area contributed by atoms with Crippen LogP contribution in [-0.2, 0) is 42.9 Å². The lowest BCUT2D eigenvalue weighted by Gasteiger charge is -2.69. The molecular formula is C42H52O10. The summed E-state index contributed by atoms with van der Waals surface area (Å²) in [5, 5.41) is 0. The molecule has 2 spiro atoms. The largest absolute Gasteiger partial charge is 0.493 e. The van der Waals surface area contributed by atoms with Gasteiger partial charge in [0.05, 0.1) is 23.5 Å². The molecule has 1 saturated heterocycles. The smallest absolute Gasteiger partial charge is 0.338 e. The third-order valence-corrected chi connectivity index (χ3v) is 15.1. The van der Waals surface area contributed by atoms with Gasteiger partial charge in [-0.3, -0.25) is 19.2 Å². The van der Waals surface area contributed by atoms with Crippen molar-refractivity contribution in [2.45, 2.75) is 118 Å². The van der Waals surface area contributed by atoms with E-state index in [1.54, 1.807) is 24.3 Å². The number of carbonyl (C=O) groups is 5. The average molecular weight is 717 g/mol.